The molecule has 1 aromatic heterocycles. The van der Waals surface area contributed by atoms with Crippen molar-refractivity contribution in [3.63, 3.8) is 0 Å². The zero-order valence-electron chi connectivity index (χ0n) is 18.1. The molecule has 1 aliphatic carbocycles. The van der Waals surface area contributed by atoms with Crippen LogP contribution in [0.15, 0.2) is 24.3 Å². The second-order valence-corrected chi connectivity index (χ2v) is 7.82. The van der Waals surface area contributed by atoms with Crippen molar-refractivity contribution in [1.82, 2.24) is 15.1 Å². The van der Waals surface area contributed by atoms with Gasteiger partial charge >= 0.3 is 0 Å². The normalized spacial score (nSPS) is 15.1. The number of rotatable bonds is 8. The molecule has 0 spiro atoms. The van der Waals surface area contributed by atoms with Crippen LogP contribution in [0.5, 0.6) is 11.5 Å². The number of hydrogen-bond acceptors (Lipinski definition) is 4. The topological polar surface area (TPSA) is 65.4 Å². The van der Waals surface area contributed by atoms with Crippen LogP contribution in [0.1, 0.15) is 53.9 Å². The lowest BCUT2D eigenvalue weighted by Gasteiger charge is -2.16. The molecule has 2 aromatic rings. The summed E-state index contributed by atoms with van der Waals surface area (Å²) in [5.74, 6) is 1.46. The molecule has 1 N–H and O–H groups in total. The van der Waals surface area contributed by atoms with E-state index in [-0.39, 0.29) is 11.9 Å². The molecule has 1 heterocycles. The first kappa shape index (κ1) is 21.0. The number of carbonyl (C=O) groups excluding carboxylic acids is 1. The molecule has 0 saturated heterocycles. The Morgan fingerprint density at radius 3 is 2.62 bits per heavy atom. The Hall–Kier alpha value is -2.76. The molecule has 1 aliphatic rings. The number of aromatic nitrogens is 2. The maximum atomic E-state index is 12.6. The van der Waals surface area contributed by atoms with Gasteiger partial charge in [0, 0.05) is 18.7 Å². The number of carbonyl (C=O) groups is 1. The van der Waals surface area contributed by atoms with Gasteiger partial charge in [0.15, 0.2) is 11.5 Å². The number of allylic oxidation sites excluding steroid dienone is 1. The van der Waals surface area contributed by atoms with E-state index in [4.69, 9.17) is 9.47 Å². The summed E-state index contributed by atoms with van der Waals surface area (Å²) < 4.78 is 12.7. The lowest BCUT2D eigenvalue weighted by atomic mass is 10.1. The van der Waals surface area contributed by atoms with Gasteiger partial charge in [0.2, 0.25) is 5.91 Å². The van der Waals surface area contributed by atoms with Crippen molar-refractivity contribution in [3.05, 3.63) is 52.4 Å². The van der Waals surface area contributed by atoms with E-state index < -0.39 is 0 Å². The zero-order chi connectivity index (χ0) is 21.1. The second-order valence-electron chi connectivity index (χ2n) is 7.82. The highest BCUT2D eigenvalue weighted by Crippen LogP contribution is 2.39. The Morgan fingerprint density at radius 2 is 1.97 bits per heavy atom. The van der Waals surface area contributed by atoms with Crippen molar-refractivity contribution in [3.8, 4) is 11.5 Å². The molecule has 0 aliphatic heterocycles. The molecule has 6 heteroatoms. The molecule has 0 saturated carbocycles. The summed E-state index contributed by atoms with van der Waals surface area (Å²) in [6, 6.07) is 4.01. The van der Waals surface area contributed by atoms with Gasteiger partial charge in [0.25, 0.3) is 0 Å². The Bertz CT molecular complexity index is 930. The number of aryl methyl sites for hydroxylation is 3. The van der Waals surface area contributed by atoms with Crippen LogP contribution in [0, 0.1) is 13.8 Å². The molecule has 1 amide bonds. The van der Waals surface area contributed by atoms with Gasteiger partial charge < -0.3 is 14.8 Å². The summed E-state index contributed by atoms with van der Waals surface area (Å²) in [5.41, 5.74) is 6.77. The van der Waals surface area contributed by atoms with Gasteiger partial charge in [-0.1, -0.05) is 12.2 Å². The van der Waals surface area contributed by atoms with Crippen LogP contribution >= 0.6 is 0 Å². The molecule has 1 aromatic carbocycles. The van der Waals surface area contributed by atoms with E-state index in [0.717, 1.165) is 47.5 Å². The first-order valence-corrected chi connectivity index (χ1v) is 10.1. The van der Waals surface area contributed by atoms with Crippen LogP contribution in [0.3, 0.4) is 0 Å². The van der Waals surface area contributed by atoms with Crippen LogP contribution in [-0.2, 0) is 24.2 Å². The first-order chi connectivity index (χ1) is 13.8. The largest absolute Gasteiger partial charge is 0.493 e. The zero-order valence-corrected chi connectivity index (χ0v) is 18.1. The van der Waals surface area contributed by atoms with Crippen LogP contribution in [-0.4, -0.2) is 29.9 Å². The van der Waals surface area contributed by atoms with Gasteiger partial charge in [-0.05, 0) is 68.9 Å². The summed E-state index contributed by atoms with van der Waals surface area (Å²) >= 11 is 0. The fourth-order valence-corrected chi connectivity index (χ4v) is 4.07. The highest BCUT2D eigenvalue weighted by atomic mass is 16.5. The number of fused-ring (bicyclic) bond motifs is 1. The third kappa shape index (κ3) is 4.47. The molecule has 6 nitrogen and oxygen atoms in total. The summed E-state index contributed by atoms with van der Waals surface area (Å²) in [6.07, 6.45) is 3.03. The molecule has 3 rings (SSSR count). The maximum Gasteiger partial charge on any atom is 0.222 e. The minimum absolute atomic E-state index is 0.0109. The van der Waals surface area contributed by atoms with Crippen molar-refractivity contribution in [2.75, 3.05) is 14.2 Å². The number of ether oxygens (including phenoxy) is 2. The summed E-state index contributed by atoms with van der Waals surface area (Å²) in [5, 5.41) is 7.79. The first-order valence-electron chi connectivity index (χ1n) is 10.1. The smallest absolute Gasteiger partial charge is 0.222 e. The number of nitrogens with one attached hydrogen (secondary N) is 1. The SMILES string of the molecule is C=C(C)Cc1c(C)nn(CCC(=O)NC2CCc3cc(OC)c(OC)cc32)c1C. The highest BCUT2D eigenvalue weighted by Gasteiger charge is 2.26. The van der Waals surface area contributed by atoms with Crippen molar-refractivity contribution in [2.45, 2.75) is 59.0 Å². The number of hydrogen-bond donors (Lipinski definition) is 1. The molecule has 0 fully saturated rings. The average Bonchev–Trinajstić information content (AvgIpc) is 3.19. The molecular formula is C23H31N3O3. The molecule has 0 radical (unpaired) electrons. The van der Waals surface area contributed by atoms with E-state index in [1.807, 2.05) is 30.7 Å². The van der Waals surface area contributed by atoms with Crippen LogP contribution in [0.2, 0.25) is 0 Å². The summed E-state index contributed by atoms with van der Waals surface area (Å²) in [4.78, 5) is 12.6. The van der Waals surface area contributed by atoms with Crippen LogP contribution in [0.25, 0.3) is 0 Å². The molecule has 1 atom stereocenters. The van der Waals surface area contributed by atoms with Crippen LogP contribution < -0.4 is 14.8 Å². The Kier molecular flexibility index (Phi) is 6.30. The predicted molar refractivity (Wildman–Crippen MR) is 114 cm³/mol. The van der Waals surface area contributed by atoms with E-state index in [1.54, 1.807) is 14.2 Å². The van der Waals surface area contributed by atoms with Gasteiger partial charge in [0.05, 0.1) is 26.0 Å². The maximum absolute atomic E-state index is 12.6. The fourth-order valence-electron chi connectivity index (χ4n) is 4.07. The van der Waals surface area contributed by atoms with Gasteiger partial charge in [-0.2, -0.15) is 5.10 Å². The van der Waals surface area contributed by atoms with E-state index in [1.165, 1.54) is 11.1 Å². The number of amides is 1. The van der Waals surface area contributed by atoms with Gasteiger partial charge in [-0.25, -0.2) is 0 Å². The summed E-state index contributed by atoms with van der Waals surface area (Å²) in [7, 11) is 3.27. The minimum atomic E-state index is 0.0109. The number of benzene rings is 1. The molecule has 29 heavy (non-hydrogen) atoms. The summed E-state index contributed by atoms with van der Waals surface area (Å²) in [6.45, 7) is 10.7. The monoisotopic (exact) mass is 397 g/mol. The second kappa shape index (κ2) is 8.72. The molecular weight excluding hydrogens is 366 g/mol. The van der Waals surface area contributed by atoms with E-state index >= 15 is 0 Å². The highest BCUT2D eigenvalue weighted by molar-refractivity contribution is 5.76. The Morgan fingerprint density at radius 1 is 1.28 bits per heavy atom. The van der Waals surface area contributed by atoms with Gasteiger partial charge in [0.1, 0.15) is 0 Å². The van der Waals surface area contributed by atoms with Crippen molar-refractivity contribution in [2.24, 2.45) is 0 Å². The lowest BCUT2D eigenvalue weighted by Crippen LogP contribution is -2.28. The number of nitrogens with zero attached hydrogens (tertiary/aromatic N) is 2. The molecule has 156 valence electrons. The van der Waals surface area contributed by atoms with Gasteiger partial charge in [-0.15, -0.1) is 0 Å². The lowest BCUT2D eigenvalue weighted by molar-refractivity contribution is -0.122. The van der Waals surface area contributed by atoms with Crippen LogP contribution in [0.4, 0.5) is 0 Å². The Balaban J connectivity index is 1.64. The van der Waals surface area contributed by atoms with E-state index in [0.29, 0.717) is 18.7 Å². The van der Waals surface area contributed by atoms with E-state index in [9.17, 15) is 4.79 Å². The van der Waals surface area contributed by atoms with Crippen molar-refractivity contribution < 1.29 is 14.3 Å². The minimum Gasteiger partial charge on any atom is -0.493 e. The number of methoxy groups -OCH3 is 2. The predicted octanol–water partition coefficient (Wildman–Crippen LogP) is 3.83. The Labute approximate surface area is 172 Å². The third-order valence-corrected chi connectivity index (χ3v) is 5.62. The molecule has 1 unspecified atom stereocenters. The average molecular weight is 398 g/mol. The van der Waals surface area contributed by atoms with Gasteiger partial charge in [-0.3, -0.25) is 9.48 Å². The molecule has 0 bridgehead atoms. The quantitative estimate of drug-likeness (QED) is 0.688. The van der Waals surface area contributed by atoms with Crippen molar-refractivity contribution >= 4 is 5.91 Å². The standard InChI is InChI=1S/C23H31N3O3/c1-14(2)11-18-15(3)25-26(16(18)4)10-9-23(27)24-20-8-7-17-12-21(28-5)22(29-6)13-19(17)20/h12-13,20H,1,7-11H2,2-6H3,(H,24,27). The fraction of sp³-hybridized carbons (Fsp3) is 0.478. The van der Waals surface area contributed by atoms with E-state index in [2.05, 4.69) is 23.9 Å². The third-order valence-electron chi connectivity index (χ3n) is 5.62. The van der Waals surface area contributed by atoms with Crippen molar-refractivity contribution in [1.29, 1.82) is 0 Å².